The Morgan fingerprint density at radius 2 is 2.07 bits per heavy atom. The van der Waals surface area contributed by atoms with Crippen LogP contribution in [0.2, 0.25) is 0 Å². The van der Waals surface area contributed by atoms with E-state index >= 15 is 0 Å². The van der Waals surface area contributed by atoms with Crippen molar-refractivity contribution >= 4 is 10.9 Å². The largest absolute Gasteiger partial charge is 0.320 e. The molecule has 0 fully saturated rings. The molecule has 0 aliphatic heterocycles. The monoisotopic (exact) mass is 207 g/mol. The highest BCUT2D eigenvalue weighted by Crippen LogP contribution is 2.26. The highest BCUT2D eigenvalue weighted by Gasteiger charge is 2.22. The number of halogens is 1. The molecule has 1 aromatic carbocycles. The lowest BCUT2D eigenvalue weighted by Gasteiger charge is -2.15. The van der Waals surface area contributed by atoms with Crippen molar-refractivity contribution in [2.24, 2.45) is 12.8 Å². The van der Waals surface area contributed by atoms with Crippen molar-refractivity contribution in [2.75, 3.05) is 0 Å². The van der Waals surface area contributed by atoms with Crippen LogP contribution in [0.5, 0.6) is 0 Å². The second-order valence-electron chi connectivity index (χ2n) is 4.36. The van der Waals surface area contributed by atoms with Gasteiger partial charge in [-0.1, -0.05) is 0 Å². The quantitative estimate of drug-likeness (QED) is 0.776. The Balaban J connectivity index is 2.81. The van der Waals surface area contributed by atoms with Crippen LogP contribution in [-0.4, -0.2) is 9.78 Å². The first-order valence-corrected chi connectivity index (χ1v) is 4.81. The molecule has 0 unspecified atom stereocenters. The Labute approximate surface area is 87.7 Å². The Kier molecular flexibility index (Phi) is 2.04. The van der Waals surface area contributed by atoms with Crippen molar-refractivity contribution in [1.29, 1.82) is 0 Å². The molecule has 1 aromatic heterocycles. The summed E-state index contributed by atoms with van der Waals surface area (Å²) in [6.07, 6.45) is 0. The molecule has 0 amide bonds. The molecule has 2 aromatic rings. The minimum Gasteiger partial charge on any atom is -0.320 e. The van der Waals surface area contributed by atoms with Gasteiger partial charge in [-0.15, -0.1) is 0 Å². The summed E-state index contributed by atoms with van der Waals surface area (Å²) < 4.78 is 14.9. The van der Waals surface area contributed by atoms with Gasteiger partial charge in [0.25, 0.3) is 0 Å². The number of benzene rings is 1. The van der Waals surface area contributed by atoms with Crippen molar-refractivity contribution < 1.29 is 4.39 Å². The van der Waals surface area contributed by atoms with E-state index in [0.717, 1.165) is 16.6 Å². The summed E-state index contributed by atoms with van der Waals surface area (Å²) in [6.45, 7) is 3.72. The molecule has 4 heteroatoms. The lowest BCUT2D eigenvalue weighted by atomic mass is 9.99. The molecule has 0 radical (unpaired) electrons. The summed E-state index contributed by atoms with van der Waals surface area (Å²) in [5.74, 6) is -0.263. The molecular weight excluding hydrogens is 193 g/mol. The Morgan fingerprint density at radius 3 is 2.67 bits per heavy atom. The lowest BCUT2D eigenvalue weighted by molar-refractivity contribution is 0.527. The predicted octanol–water partition coefficient (Wildman–Crippen LogP) is 1.91. The van der Waals surface area contributed by atoms with Gasteiger partial charge in [0, 0.05) is 12.4 Å². The fourth-order valence-corrected chi connectivity index (χ4v) is 1.71. The third kappa shape index (κ3) is 1.61. The first-order valence-electron chi connectivity index (χ1n) is 4.81. The third-order valence-corrected chi connectivity index (χ3v) is 2.42. The maximum atomic E-state index is 13.1. The van der Waals surface area contributed by atoms with E-state index in [0.29, 0.717) is 0 Å². The molecule has 0 saturated carbocycles. The van der Waals surface area contributed by atoms with Crippen LogP contribution in [0.25, 0.3) is 10.9 Å². The molecule has 0 saturated heterocycles. The second kappa shape index (κ2) is 3.03. The number of aromatic nitrogens is 2. The molecule has 2 rings (SSSR count). The standard InChI is InChI=1S/C11H14FN3/c1-11(2,13)10-8-6-7(12)4-5-9(8)15(3)14-10/h4-6H,13H2,1-3H3. The van der Waals surface area contributed by atoms with Crippen molar-refractivity contribution in [3.8, 4) is 0 Å². The first-order chi connectivity index (χ1) is 6.89. The number of rotatable bonds is 1. The predicted molar refractivity (Wildman–Crippen MR) is 57.9 cm³/mol. The molecule has 0 aliphatic rings. The summed E-state index contributed by atoms with van der Waals surface area (Å²) in [6, 6.07) is 4.62. The molecule has 1 heterocycles. The number of hydrogen-bond donors (Lipinski definition) is 1. The summed E-state index contributed by atoms with van der Waals surface area (Å²) >= 11 is 0. The molecule has 0 bridgehead atoms. The van der Waals surface area contributed by atoms with E-state index in [1.54, 1.807) is 10.7 Å². The van der Waals surface area contributed by atoms with Crippen molar-refractivity contribution in [1.82, 2.24) is 9.78 Å². The molecule has 80 valence electrons. The van der Waals surface area contributed by atoms with Crippen LogP contribution in [0.1, 0.15) is 19.5 Å². The molecule has 0 aliphatic carbocycles. The van der Waals surface area contributed by atoms with Crippen LogP contribution in [-0.2, 0) is 12.6 Å². The summed E-state index contributed by atoms with van der Waals surface area (Å²) in [7, 11) is 1.83. The zero-order valence-electron chi connectivity index (χ0n) is 9.08. The van der Waals surface area contributed by atoms with Gasteiger partial charge in [0.05, 0.1) is 16.7 Å². The van der Waals surface area contributed by atoms with E-state index in [-0.39, 0.29) is 5.82 Å². The van der Waals surface area contributed by atoms with E-state index in [9.17, 15) is 4.39 Å². The number of nitrogens with zero attached hydrogens (tertiary/aromatic N) is 2. The fourth-order valence-electron chi connectivity index (χ4n) is 1.71. The van der Waals surface area contributed by atoms with E-state index in [4.69, 9.17) is 5.73 Å². The van der Waals surface area contributed by atoms with Gasteiger partial charge in [-0.05, 0) is 32.0 Å². The molecule has 0 spiro atoms. The average Bonchev–Trinajstić information content (AvgIpc) is 2.42. The topological polar surface area (TPSA) is 43.8 Å². The van der Waals surface area contributed by atoms with Crippen LogP contribution in [0.3, 0.4) is 0 Å². The minimum atomic E-state index is -0.562. The summed E-state index contributed by atoms with van der Waals surface area (Å²) in [5, 5.41) is 5.11. The fraction of sp³-hybridized carbons (Fsp3) is 0.364. The van der Waals surface area contributed by atoms with Gasteiger partial charge in [-0.2, -0.15) is 5.10 Å². The Hall–Kier alpha value is -1.42. The number of fused-ring (bicyclic) bond motifs is 1. The maximum absolute atomic E-state index is 13.1. The maximum Gasteiger partial charge on any atom is 0.124 e. The van der Waals surface area contributed by atoms with E-state index < -0.39 is 5.54 Å². The molecular formula is C11H14FN3. The minimum absolute atomic E-state index is 0.263. The highest BCUT2D eigenvalue weighted by atomic mass is 19.1. The van der Waals surface area contributed by atoms with Crippen LogP contribution in [0.15, 0.2) is 18.2 Å². The van der Waals surface area contributed by atoms with Gasteiger partial charge in [-0.25, -0.2) is 4.39 Å². The molecule has 15 heavy (non-hydrogen) atoms. The normalized spacial score (nSPS) is 12.3. The number of aryl methyl sites for hydroxylation is 1. The van der Waals surface area contributed by atoms with E-state index in [1.165, 1.54) is 12.1 Å². The van der Waals surface area contributed by atoms with Gasteiger partial charge >= 0.3 is 0 Å². The van der Waals surface area contributed by atoms with Gasteiger partial charge in [0.15, 0.2) is 0 Å². The van der Waals surface area contributed by atoms with Crippen molar-refractivity contribution in [3.05, 3.63) is 29.7 Å². The van der Waals surface area contributed by atoms with Crippen molar-refractivity contribution in [2.45, 2.75) is 19.4 Å². The van der Waals surface area contributed by atoms with Crippen LogP contribution in [0, 0.1) is 5.82 Å². The first kappa shape index (κ1) is 10.1. The Morgan fingerprint density at radius 1 is 1.40 bits per heavy atom. The van der Waals surface area contributed by atoms with Crippen LogP contribution < -0.4 is 5.73 Å². The number of hydrogen-bond acceptors (Lipinski definition) is 2. The summed E-state index contributed by atoms with van der Waals surface area (Å²) in [5.41, 5.74) is 7.04. The lowest BCUT2D eigenvalue weighted by Crippen LogP contribution is -2.29. The summed E-state index contributed by atoms with van der Waals surface area (Å²) in [4.78, 5) is 0. The smallest absolute Gasteiger partial charge is 0.124 e. The van der Waals surface area contributed by atoms with Crippen molar-refractivity contribution in [3.63, 3.8) is 0 Å². The molecule has 2 N–H and O–H groups in total. The van der Waals surface area contributed by atoms with E-state index in [2.05, 4.69) is 5.10 Å². The zero-order chi connectivity index (χ0) is 11.2. The van der Waals surface area contributed by atoms with Crippen LogP contribution in [0.4, 0.5) is 4.39 Å². The van der Waals surface area contributed by atoms with Crippen LogP contribution >= 0.6 is 0 Å². The average molecular weight is 207 g/mol. The van der Waals surface area contributed by atoms with Gasteiger partial charge in [-0.3, -0.25) is 4.68 Å². The van der Waals surface area contributed by atoms with Gasteiger partial charge < -0.3 is 5.73 Å². The molecule has 0 atom stereocenters. The SMILES string of the molecule is Cn1nc(C(C)(C)N)c2cc(F)ccc21. The van der Waals surface area contributed by atoms with Gasteiger partial charge in [0.2, 0.25) is 0 Å². The number of nitrogens with two attached hydrogens (primary N) is 1. The van der Waals surface area contributed by atoms with E-state index in [1.807, 2.05) is 20.9 Å². The third-order valence-electron chi connectivity index (χ3n) is 2.42. The Bertz CT molecular complexity index is 508. The second-order valence-corrected chi connectivity index (χ2v) is 4.36. The van der Waals surface area contributed by atoms with Gasteiger partial charge in [0.1, 0.15) is 5.82 Å². The highest BCUT2D eigenvalue weighted by molar-refractivity contribution is 5.82. The molecule has 3 nitrogen and oxygen atoms in total. The zero-order valence-corrected chi connectivity index (χ0v) is 9.08.